The summed E-state index contributed by atoms with van der Waals surface area (Å²) >= 11 is 0. The Morgan fingerprint density at radius 2 is 1.63 bits per heavy atom. The van der Waals surface area contributed by atoms with Crippen LogP contribution in [0.15, 0.2) is 54.6 Å². The summed E-state index contributed by atoms with van der Waals surface area (Å²) < 4.78 is 15.4. The molecule has 0 aliphatic carbocycles. The molecule has 0 N–H and O–H groups in total. The van der Waals surface area contributed by atoms with Gasteiger partial charge in [0, 0.05) is 5.57 Å². The molecule has 1 aliphatic rings. The van der Waals surface area contributed by atoms with Crippen LogP contribution in [0.5, 0.6) is 0 Å². The molecule has 6 nitrogen and oxygen atoms in total. The summed E-state index contributed by atoms with van der Waals surface area (Å²) in [6, 6.07) is 13.0. The minimum Gasteiger partial charge on any atom is -0.463 e. The highest BCUT2D eigenvalue weighted by atomic mass is 16.6. The average molecular weight is 368 g/mol. The van der Waals surface area contributed by atoms with Crippen LogP contribution in [0.3, 0.4) is 0 Å². The van der Waals surface area contributed by atoms with Crippen molar-refractivity contribution in [1.82, 2.24) is 0 Å². The van der Waals surface area contributed by atoms with E-state index in [0.29, 0.717) is 5.56 Å². The van der Waals surface area contributed by atoms with Crippen molar-refractivity contribution in [2.75, 3.05) is 13.2 Å². The van der Waals surface area contributed by atoms with Gasteiger partial charge in [-0.15, -0.1) is 0 Å². The largest absolute Gasteiger partial charge is 0.463 e. The van der Waals surface area contributed by atoms with Crippen molar-refractivity contribution in [3.05, 3.63) is 60.2 Å². The Labute approximate surface area is 156 Å². The normalized spacial score (nSPS) is 18.2. The first kappa shape index (κ1) is 18.6. The molecule has 1 fully saturated rings. The third-order valence-electron chi connectivity index (χ3n) is 4.54. The molecule has 2 aromatic carbocycles. The summed E-state index contributed by atoms with van der Waals surface area (Å²) in [6.07, 6.45) is 0. The molecule has 140 valence electrons. The van der Waals surface area contributed by atoms with Crippen molar-refractivity contribution in [3.8, 4) is 0 Å². The number of ether oxygens (including phenoxy) is 3. The smallest absolute Gasteiger partial charge is 0.363 e. The number of cyclic esters (lactones) is 1. The first-order valence-corrected chi connectivity index (χ1v) is 8.71. The molecule has 2 aromatic rings. The zero-order chi connectivity index (χ0) is 19.6. The van der Waals surface area contributed by atoms with Gasteiger partial charge < -0.3 is 14.2 Å². The van der Waals surface area contributed by atoms with E-state index in [9.17, 15) is 14.4 Å². The minimum atomic E-state index is -2.23. The van der Waals surface area contributed by atoms with Crippen LogP contribution in [0, 0.1) is 0 Å². The molecule has 3 rings (SSSR count). The van der Waals surface area contributed by atoms with E-state index < -0.39 is 29.4 Å². The van der Waals surface area contributed by atoms with Crippen molar-refractivity contribution in [1.29, 1.82) is 0 Å². The molecule has 0 aromatic heterocycles. The molecule has 0 bridgehead atoms. The number of fused-ring (bicyclic) bond motifs is 1. The van der Waals surface area contributed by atoms with E-state index in [1.54, 1.807) is 26.0 Å². The Hall–Kier alpha value is -3.15. The second kappa shape index (κ2) is 7.23. The second-order valence-electron chi connectivity index (χ2n) is 6.13. The van der Waals surface area contributed by atoms with Gasteiger partial charge in [0.2, 0.25) is 0 Å². The Balaban J connectivity index is 2.20. The average Bonchev–Trinajstić information content (AvgIpc) is 2.94. The SMILES string of the molecule is C=C1C(=O)OC(C(=O)OCC)(C(=O)OCC)[C@@H]1c1ccc2ccccc2c1. The first-order valence-electron chi connectivity index (χ1n) is 8.71. The first-order chi connectivity index (χ1) is 13.0. The molecule has 1 heterocycles. The van der Waals surface area contributed by atoms with Crippen LogP contribution >= 0.6 is 0 Å². The zero-order valence-corrected chi connectivity index (χ0v) is 15.2. The quantitative estimate of drug-likeness (QED) is 0.349. The fourth-order valence-corrected chi connectivity index (χ4v) is 3.34. The fraction of sp³-hybridized carbons (Fsp3) is 0.286. The molecule has 6 heteroatoms. The van der Waals surface area contributed by atoms with Gasteiger partial charge in [-0.25, -0.2) is 14.4 Å². The van der Waals surface area contributed by atoms with Crippen LogP contribution in [0.1, 0.15) is 25.3 Å². The molecular weight excluding hydrogens is 348 g/mol. The molecule has 1 saturated heterocycles. The zero-order valence-electron chi connectivity index (χ0n) is 15.2. The van der Waals surface area contributed by atoms with Gasteiger partial charge in [-0.1, -0.05) is 49.0 Å². The predicted octanol–water partition coefficient (Wildman–Crippen LogP) is 2.90. The van der Waals surface area contributed by atoms with E-state index in [1.165, 1.54) is 0 Å². The van der Waals surface area contributed by atoms with Crippen molar-refractivity contribution < 1.29 is 28.6 Å². The van der Waals surface area contributed by atoms with Crippen LogP contribution in [-0.2, 0) is 28.6 Å². The van der Waals surface area contributed by atoms with Crippen molar-refractivity contribution in [3.63, 3.8) is 0 Å². The number of esters is 3. The lowest BCUT2D eigenvalue weighted by atomic mass is 9.79. The highest BCUT2D eigenvalue weighted by Gasteiger charge is 2.65. The van der Waals surface area contributed by atoms with Gasteiger partial charge in [0.15, 0.2) is 0 Å². The van der Waals surface area contributed by atoms with Gasteiger partial charge in [-0.05, 0) is 30.2 Å². The lowest BCUT2D eigenvalue weighted by Crippen LogP contribution is -2.52. The topological polar surface area (TPSA) is 78.9 Å². The Morgan fingerprint density at radius 3 is 2.22 bits per heavy atom. The molecule has 0 radical (unpaired) electrons. The van der Waals surface area contributed by atoms with Crippen LogP contribution in [0.25, 0.3) is 10.8 Å². The molecule has 27 heavy (non-hydrogen) atoms. The number of hydrogen-bond donors (Lipinski definition) is 0. The number of carbonyl (C=O) groups is 3. The fourth-order valence-electron chi connectivity index (χ4n) is 3.34. The van der Waals surface area contributed by atoms with E-state index in [-0.39, 0.29) is 18.8 Å². The Kier molecular flexibility index (Phi) is 4.99. The predicted molar refractivity (Wildman–Crippen MR) is 97.9 cm³/mol. The maximum absolute atomic E-state index is 12.8. The third kappa shape index (κ3) is 2.97. The standard InChI is InChI=1S/C21H20O6/c1-4-25-19(23)21(20(24)26-5-2)17(13(3)18(22)27-21)16-11-10-14-8-6-7-9-15(14)12-16/h6-12,17H,3-5H2,1-2H3/t17-/m0/s1. The molecular formula is C21H20O6. The van der Waals surface area contributed by atoms with Crippen molar-refractivity contribution in [2.45, 2.75) is 25.4 Å². The van der Waals surface area contributed by atoms with E-state index in [4.69, 9.17) is 14.2 Å². The van der Waals surface area contributed by atoms with Gasteiger partial charge in [0.25, 0.3) is 0 Å². The van der Waals surface area contributed by atoms with E-state index >= 15 is 0 Å². The molecule has 0 spiro atoms. The summed E-state index contributed by atoms with van der Waals surface area (Å²) in [5.41, 5.74) is -1.68. The molecule has 1 aliphatic heterocycles. The van der Waals surface area contributed by atoms with E-state index in [0.717, 1.165) is 10.8 Å². The van der Waals surface area contributed by atoms with Gasteiger partial charge in [-0.3, -0.25) is 0 Å². The third-order valence-corrected chi connectivity index (χ3v) is 4.54. The molecule has 0 unspecified atom stereocenters. The van der Waals surface area contributed by atoms with Crippen LogP contribution in [-0.4, -0.2) is 36.7 Å². The Morgan fingerprint density at radius 1 is 1.04 bits per heavy atom. The number of benzene rings is 2. The lowest BCUT2D eigenvalue weighted by molar-refractivity contribution is -0.190. The molecule has 0 amide bonds. The lowest BCUT2D eigenvalue weighted by Gasteiger charge is -2.28. The highest BCUT2D eigenvalue weighted by Crippen LogP contribution is 2.46. The minimum absolute atomic E-state index is 0.00591. The number of rotatable bonds is 5. The van der Waals surface area contributed by atoms with Gasteiger partial charge in [0.05, 0.1) is 19.1 Å². The monoisotopic (exact) mass is 368 g/mol. The highest BCUT2D eigenvalue weighted by molar-refractivity contribution is 6.13. The van der Waals surface area contributed by atoms with Crippen molar-refractivity contribution >= 4 is 28.7 Å². The van der Waals surface area contributed by atoms with E-state index in [1.807, 2.05) is 30.3 Å². The summed E-state index contributed by atoms with van der Waals surface area (Å²) in [6.45, 7) is 7.02. The van der Waals surface area contributed by atoms with Gasteiger partial charge in [-0.2, -0.15) is 0 Å². The second-order valence-corrected chi connectivity index (χ2v) is 6.13. The molecule has 1 atom stereocenters. The van der Waals surface area contributed by atoms with E-state index in [2.05, 4.69) is 6.58 Å². The summed E-state index contributed by atoms with van der Waals surface area (Å²) in [7, 11) is 0. The Bertz CT molecular complexity index is 911. The van der Waals surface area contributed by atoms with Crippen LogP contribution in [0.4, 0.5) is 0 Å². The maximum Gasteiger partial charge on any atom is 0.363 e. The van der Waals surface area contributed by atoms with Crippen LogP contribution < -0.4 is 0 Å². The maximum atomic E-state index is 12.8. The molecule has 0 saturated carbocycles. The summed E-state index contributed by atoms with van der Waals surface area (Å²) in [4.78, 5) is 37.9. The number of hydrogen-bond acceptors (Lipinski definition) is 6. The summed E-state index contributed by atoms with van der Waals surface area (Å²) in [5, 5.41) is 1.87. The number of carbonyl (C=O) groups excluding carboxylic acids is 3. The summed E-state index contributed by atoms with van der Waals surface area (Å²) in [5.74, 6) is -3.79. The van der Waals surface area contributed by atoms with Gasteiger partial charge in [0.1, 0.15) is 0 Å². The van der Waals surface area contributed by atoms with Crippen LogP contribution in [0.2, 0.25) is 0 Å². The van der Waals surface area contributed by atoms with Gasteiger partial charge >= 0.3 is 23.5 Å². The van der Waals surface area contributed by atoms with Crippen molar-refractivity contribution in [2.24, 2.45) is 0 Å².